The van der Waals surface area contributed by atoms with Gasteiger partial charge in [-0.25, -0.2) is 4.79 Å². The zero-order valence-electron chi connectivity index (χ0n) is 23.0. The first-order valence-electron chi connectivity index (χ1n) is 13.3. The smallest absolute Gasteiger partial charge is 0.356 e. The number of fused-ring (bicyclic) bond motifs is 2. The Morgan fingerprint density at radius 3 is 2.57 bits per heavy atom. The van der Waals surface area contributed by atoms with E-state index in [1.54, 1.807) is 36.2 Å². The Balaban J connectivity index is 1.77. The van der Waals surface area contributed by atoms with Crippen LogP contribution in [-0.4, -0.2) is 61.4 Å². The lowest BCUT2D eigenvalue weighted by molar-refractivity contribution is -0.123. The zero-order chi connectivity index (χ0) is 30.2. The van der Waals surface area contributed by atoms with E-state index in [0.29, 0.717) is 36.1 Å². The largest absolute Gasteiger partial charge is 0.405 e. The topological polar surface area (TPSA) is 133 Å². The molecule has 1 fully saturated rings. The van der Waals surface area contributed by atoms with Crippen LogP contribution in [-0.2, 0) is 20.1 Å². The van der Waals surface area contributed by atoms with Crippen LogP contribution in [0.15, 0.2) is 40.2 Å². The fourth-order valence-corrected chi connectivity index (χ4v) is 5.38. The molecule has 3 aromatic heterocycles. The summed E-state index contributed by atoms with van der Waals surface area (Å²) in [6.45, 7) is 0.620. The number of aryl methyl sites for hydroxylation is 1. The van der Waals surface area contributed by atoms with Gasteiger partial charge in [0.05, 0.1) is 29.6 Å². The number of nitrogens with two attached hydrogens (primary N) is 1. The van der Waals surface area contributed by atoms with Crippen LogP contribution in [0.4, 0.5) is 19.0 Å². The molecule has 1 atom stereocenters. The van der Waals surface area contributed by atoms with Crippen molar-refractivity contribution in [1.82, 2.24) is 29.0 Å². The predicted molar refractivity (Wildman–Crippen MR) is 151 cm³/mol. The van der Waals surface area contributed by atoms with Crippen molar-refractivity contribution in [2.45, 2.75) is 45.1 Å². The third-order valence-electron chi connectivity index (χ3n) is 7.23. The second-order valence-corrected chi connectivity index (χ2v) is 10.2. The van der Waals surface area contributed by atoms with E-state index in [1.165, 1.54) is 17.8 Å². The van der Waals surface area contributed by atoms with Crippen molar-refractivity contribution in [2.24, 2.45) is 12.8 Å². The molecule has 4 aromatic rings. The number of rotatable bonds is 6. The maximum absolute atomic E-state index is 14.1. The number of alkyl halides is 3. The summed E-state index contributed by atoms with van der Waals surface area (Å²) >= 11 is 0. The number of nitrogens with one attached hydrogen (secondary N) is 1. The van der Waals surface area contributed by atoms with E-state index in [4.69, 9.17) is 5.73 Å². The number of hydrogen-bond donors (Lipinski definition) is 2. The Kier molecular flexibility index (Phi) is 7.79. The Morgan fingerprint density at radius 2 is 1.88 bits per heavy atom. The van der Waals surface area contributed by atoms with Crippen molar-refractivity contribution < 1.29 is 18.0 Å². The van der Waals surface area contributed by atoms with Crippen LogP contribution < -0.4 is 27.2 Å². The van der Waals surface area contributed by atoms with Gasteiger partial charge in [0.1, 0.15) is 23.4 Å². The summed E-state index contributed by atoms with van der Waals surface area (Å²) in [6, 6.07) is 4.92. The van der Waals surface area contributed by atoms with Crippen LogP contribution in [0.3, 0.4) is 0 Å². The lowest BCUT2D eigenvalue weighted by atomic mass is 10.1. The van der Waals surface area contributed by atoms with E-state index in [9.17, 15) is 27.6 Å². The van der Waals surface area contributed by atoms with Crippen LogP contribution in [0.2, 0.25) is 0 Å². The maximum atomic E-state index is 14.1. The monoisotopic (exact) mass is 582 g/mol. The van der Waals surface area contributed by atoms with E-state index >= 15 is 0 Å². The van der Waals surface area contributed by atoms with Crippen molar-refractivity contribution in [2.75, 3.05) is 24.5 Å². The van der Waals surface area contributed by atoms with Crippen molar-refractivity contribution in [3.63, 3.8) is 0 Å². The zero-order valence-corrected chi connectivity index (χ0v) is 23.0. The highest BCUT2D eigenvalue weighted by Crippen LogP contribution is 2.33. The minimum atomic E-state index is -4.67. The third-order valence-corrected chi connectivity index (χ3v) is 7.23. The molecule has 11 nitrogen and oxygen atoms in total. The van der Waals surface area contributed by atoms with Crippen molar-refractivity contribution in [1.29, 1.82) is 0 Å². The second-order valence-electron chi connectivity index (χ2n) is 10.2. The highest BCUT2D eigenvalue weighted by molar-refractivity contribution is 6.11. The molecular formula is C28H29F3N8O3. The molecule has 1 aliphatic heterocycles. The van der Waals surface area contributed by atoms with Gasteiger partial charge in [-0.05, 0) is 37.5 Å². The summed E-state index contributed by atoms with van der Waals surface area (Å²) in [5.41, 5.74) is 6.31. The van der Waals surface area contributed by atoms with Gasteiger partial charge in [-0.2, -0.15) is 13.2 Å². The number of hydrogen-bond acceptors (Lipinski definition) is 7. The standard InChI is InChI=1S/C28H29F3N8O3/c1-3-4-12-38-23-22(21(24(40)35-16-28(29,30)31)25(38)37-11-5-6-18(32)15-37)36(2)27(42)39(26(23)41)14-17-7-8-19-20(13-17)34-10-9-33-19/h7-10,13,18H,5-6,11-12,14-16,32H2,1-2H3,(H,35,40)/t18-/m1/s1. The van der Waals surface area contributed by atoms with E-state index < -0.39 is 29.9 Å². The minimum absolute atomic E-state index is 0.0215. The lowest BCUT2D eigenvalue weighted by Gasteiger charge is -2.33. The molecule has 0 radical (unpaired) electrons. The highest BCUT2D eigenvalue weighted by Gasteiger charge is 2.35. The maximum Gasteiger partial charge on any atom is 0.405 e. The van der Waals surface area contributed by atoms with Crippen molar-refractivity contribution >= 4 is 33.8 Å². The number of nitrogens with zero attached hydrogens (tertiary/aromatic N) is 6. The van der Waals surface area contributed by atoms with Gasteiger partial charge in [0.15, 0.2) is 0 Å². The normalized spacial score (nSPS) is 15.6. The molecule has 0 spiro atoms. The molecule has 1 aromatic carbocycles. The molecule has 220 valence electrons. The van der Waals surface area contributed by atoms with Gasteiger partial charge in [-0.1, -0.05) is 12.0 Å². The molecule has 4 heterocycles. The summed E-state index contributed by atoms with van der Waals surface area (Å²) in [6.07, 6.45) is -0.191. The summed E-state index contributed by atoms with van der Waals surface area (Å²) in [5, 5.41) is 1.92. The number of carbonyl (C=O) groups is 1. The number of benzene rings is 1. The fourth-order valence-electron chi connectivity index (χ4n) is 5.38. The first-order valence-corrected chi connectivity index (χ1v) is 13.3. The van der Waals surface area contributed by atoms with Gasteiger partial charge >= 0.3 is 11.9 Å². The molecule has 1 aliphatic rings. The first-order chi connectivity index (χ1) is 20.0. The SMILES string of the molecule is CC#CCn1c(N2CCC[C@@H](N)C2)c(C(=O)NCC(F)(F)F)c2c1c(=O)n(Cc1ccc3nccnc3c1)c(=O)n2C. The Labute approximate surface area is 237 Å². The minimum Gasteiger partial charge on any atom is -0.356 e. The Hall–Kier alpha value is -4.64. The van der Waals surface area contributed by atoms with Crippen molar-refractivity contribution in [3.8, 4) is 11.8 Å². The van der Waals surface area contributed by atoms with Gasteiger partial charge in [0, 0.05) is 38.6 Å². The number of anilines is 1. The van der Waals surface area contributed by atoms with E-state index in [-0.39, 0.29) is 41.5 Å². The summed E-state index contributed by atoms with van der Waals surface area (Å²) in [4.78, 5) is 51.5. The van der Waals surface area contributed by atoms with Crippen LogP contribution in [0.25, 0.3) is 22.1 Å². The first kappa shape index (κ1) is 28.9. The van der Waals surface area contributed by atoms with E-state index in [1.807, 2.05) is 5.32 Å². The average molecular weight is 583 g/mol. The molecule has 1 saturated heterocycles. The molecule has 42 heavy (non-hydrogen) atoms. The van der Waals surface area contributed by atoms with Gasteiger partial charge < -0.3 is 20.5 Å². The molecule has 3 N–H and O–H groups in total. The molecule has 5 rings (SSSR count). The van der Waals surface area contributed by atoms with Crippen LogP contribution in [0, 0.1) is 11.8 Å². The number of piperidine rings is 1. The van der Waals surface area contributed by atoms with E-state index in [0.717, 1.165) is 15.6 Å². The molecule has 1 amide bonds. The molecule has 0 saturated carbocycles. The lowest BCUT2D eigenvalue weighted by Crippen LogP contribution is -2.44. The van der Waals surface area contributed by atoms with E-state index in [2.05, 4.69) is 21.8 Å². The fraction of sp³-hybridized carbons (Fsp3) is 0.393. The molecule has 0 unspecified atom stereocenters. The van der Waals surface area contributed by atoms with Crippen molar-refractivity contribution in [3.05, 3.63) is 62.6 Å². The Bertz CT molecular complexity index is 1860. The van der Waals surface area contributed by atoms with Crippen LogP contribution in [0.1, 0.15) is 35.7 Å². The van der Waals surface area contributed by atoms with Crippen LogP contribution >= 0.6 is 0 Å². The van der Waals surface area contributed by atoms with Crippen LogP contribution in [0.5, 0.6) is 0 Å². The highest BCUT2D eigenvalue weighted by atomic mass is 19.4. The number of aromatic nitrogens is 5. The van der Waals surface area contributed by atoms with Gasteiger partial charge in [-0.3, -0.25) is 28.7 Å². The molecule has 0 aliphatic carbocycles. The molecule has 0 bridgehead atoms. The van der Waals surface area contributed by atoms with Gasteiger partial charge in [-0.15, -0.1) is 5.92 Å². The summed E-state index contributed by atoms with van der Waals surface area (Å²) < 4.78 is 43.0. The second kappa shape index (κ2) is 11.3. The summed E-state index contributed by atoms with van der Waals surface area (Å²) in [5.74, 6) is 4.81. The molecular weight excluding hydrogens is 553 g/mol. The quantitative estimate of drug-likeness (QED) is 0.331. The number of amides is 1. The average Bonchev–Trinajstić information content (AvgIpc) is 3.30. The van der Waals surface area contributed by atoms with Gasteiger partial charge in [0.25, 0.3) is 11.5 Å². The summed E-state index contributed by atoms with van der Waals surface area (Å²) in [7, 11) is 1.38. The van der Waals surface area contributed by atoms with Gasteiger partial charge in [0.2, 0.25) is 0 Å². The third kappa shape index (κ3) is 5.47. The molecule has 14 heteroatoms. The number of halogens is 3. The Morgan fingerprint density at radius 1 is 1.14 bits per heavy atom. The number of carbonyl (C=O) groups excluding carboxylic acids is 1. The predicted octanol–water partition coefficient (Wildman–Crippen LogP) is 1.74.